The quantitative estimate of drug-likeness (QED) is 0.819. The van der Waals surface area contributed by atoms with Crippen molar-refractivity contribution >= 4 is 11.6 Å². The van der Waals surface area contributed by atoms with Crippen LogP contribution in [0.15, 0.2) is 18.5 Å². The highest BCUT2D eigenvalue weighted by Gasteiger charge is 2.27. The maximum atomic E-state index is 13.4. The second-order valence-electron chi connectivity index (χ2n) is 5.18. The highest BCUT2D eigenvalue weighted by molar-refractivity contribution is 5.92. The first-order chi connectivity index (χ1) is 10.2. The van der Waals surface area contributed by atoms with Crippen molar-refractivity contribution in [2.24, 2.45) is 5.92 Å². The summed E-state index contributed by atoms with van der Waals surface area (Å²) in [4.78, 5) is 15.8. The lowest BCUT2D eigenvalue weighted by Gasteiger charge is -2.27. The molecule has 21 heavy (non-hydrogen) atoms. The van der Waals surface area contributed by atoms with Gasteiger partial charge in [-0.05, 0) is 31.7 Å². The number of carbonyl (C=O) groups excluding carboxylic acids is 1. The molecule has 1 heterocycles. The predicted molar refractivity (Wildman–Crippen MR) is 76.4 cm³/mol. The van der Waals surface area contributed by atoms with Gasteiger partial charge in [0.15, 0.2) is 5.82 Å². The molecule has 0 aromatic carbocycles. The molecule has 1 N–H and O–H groups in total. The Labute approximate surface area is 123 Å². The molecular formula is C15H21FN2O3. The molecule has 1 aromatic rings. The van der Waals surface area contributed by atoms with Crippen LogP contribution < -0.4 is 5.32 Å². The zero-order chi connectivity index (χ0) is 15.1. The summed E-state index contributed by atoms with van der Waals surface area (Å²) in [6, 6.07) is 1.47. The third kappa shape index (κ3) is 4.75. The molecule has 0 atom stereocenters. The first-order valence-electron chi connectivity index (χ1n) is 7.21. The molecule has 0 bridgehead atoms. The van der Waals surface area contributed by atoms with Gasteiger partial charge in [-0.2, -0.15) is 0 Å². The van der Waals surface area contributed by atoms with Crippen LogP contribution >= 0.6 is 0 Å². The summed E-state index contributed by atoms with van der Waals surface area (Å²) < 4.78 is 24.0. The molecule has 1 aliphatic rings. The fourth-order valence-electron chi connectivity index (χ4n) is 2.50. The number of rotatable bonds is 6. The lowest BCUT2D eigenvalue weighted by Crippen LogP contribution is -2.30. The second-order valence-corrected chi connectivity index (χ2v) is 5.18. The van der Waals surface area contributed by atoms with Crippen LogP contribution in [0.25, 0.3) is 0 Å². The molecule has 1 aromatic heterocycles. The second kappa shape index (κ2) is 8.05. The van der Waals surface area contributed by atoms with E-state index in [9.17, 15) is 9.18 Å². The number of amides is 1. The number of hydrogen-bond donors (Lipinski definition) is 1. The van der Waals surface area contributed by atoms with Crippen molar-refractivity contribution in [3.05, 3.63) is 24.3 Å². The number of methoxy groups -OCH3 is 1. The van der Waals surface area contributed by atoms with Gasteiger partial charge in [0.25, 0.3) is 0 Å². The molecule has 0 unspecified atom stereocenters. The molecule has 2 rings (SSSR count). The number of halogens is 1. The lowest BCUT2D eigenvalue weighted by molar-refractivity contribution is -0.121. The standard InChI is InChI=1S/C15H21FN2O3/c1-20-8-9-21-12-4-2-11(3-5-12)15(19)18-14-6-7-17-10-13(14)16/h6-7,10-12H,2-5,8-9H2,1H3,(H,17,18,19). The van der Waals surface area contributed by atoms with E-state index in [1.165, 1.54) is 12.3 Å². The number of ether oxygens (including phenoxy) is 2. The number of hydrogen-bond acceptors (Lipinski definition) is 4. The van der Waals surface area contributed by atoms with E-state index in [0.29, 0.717) is 13.2 Å². The van der Waals surface area contributed by atoms with Gasteiger partial charge >= 0.3 is 0 Å². The molecule has 1 amide bonds. The molecular weight excluding hydrogens is 275 g/mol. The van der Waals surface area contributed by atoms with E-state index < -0.39 is 5.82 Å². The van der Waals surface area contributed by atoms with E-state index in [2.05, 4.69) is 10.3 Å². The van der Waals surface area contributed by atoms with Gasteiger partial charge in [0, 0.05) is 19.2 Å². The van der Waals surface area contributed by atoms with Crippen molar-refractivity contribution in [1.29, 1.82) is 0 Å². The molecule has 1 aliphatic carbocycles. The summed E-state index contributed by atoms with van der Waals surface area (Å²) in [5.74, 6) is -0.724. The number of nitrogens with one attached hydrogen (secondary N) is 1. The first-order valence-corrected chi connectivity index (χ1v) is 7.21. The topological polar surface area (TPSA) is 60.5 Å². The first kappa shape index (κ1) is 15.9. The zero-order valence-electron chi connectivity index (χ0n) is 12.2. The Hall–Kier alpha value is -1.53. The monoisotopic (exact) mass is 296 g/mol. The van der Waals surface area contributed by atoms with Crippen LogP contribution in [0.2, 0.25) is 0 Å². The van der Waals surface area contributed by atoms with Gasteiger partial charge in [0.05, 0.1) is 31.2 Å². The predicted octanol–water partition coefficient (Wildman–Crippen LogP) is 2.38. The van der Waals surface area contributed by atoms with Crippen LogP contribution in [-0.2, 0) is 14.3 Å². The molecule has 1 fully saturated rings. The third-order valence-electron chi connectivity index (χ3n) is 3.72. The fraction of sp³-hybridized carbons (Fsp3) is 0.600. The van der Waals surface area contributed by atoms with Gasteiger partial charge in [-0.3, -0.25) is 9.78 Å². The number of aromatic nitrogens is 1. The molecule has 5 nitrogen and oxygen atoms in total. The average Bonchev–Trinajstić information content (AvgIpc) is 2.50. The van der Waals surface area contributed by atoms with Crippen LogP contribution in [-0.4, -0.2) is 37.3 Å². The maximum Gasteiger partial charge on any atom is 0.227 e. The number of pyridine rings is 1. The van der Waals surface area contributed by atoms with Crippen LogP contribution in [0.5, 0.6) is 0 Å². The van der Waals surface area contributed by atoms with Crippen molar-refractivity contribution in [3.63, 3.8) is 0 Å². The summed E-state index contributed by atoms with van der Waals surface area (Å²) in [6.45, 7) is 1.17. The van der Waals surface area contributed by atoms with Gasteiger partial charge in [0.1, 0.15) is 0 Å². The van der Waals surface area contributed by atoms with Crippen molar-refractivity contribution in [2.75, 3.05) is 25.6 Å². The van der Waals surface area contributed by atoms with E-state index >= 15 is 0 Å². The Morgan fingerprint density at radius 3 is 2.81 bits per heavy atom. The highest BCUT2D eigenvalue weighted by atomic mass is 19.1. The van der Waals surface area contributed by atoms with Gasteiger partial charge in [-0.1, -0.05) is 0 Å². The van der Waals surface area contributed by atoms with E-state index in [1.54, 1.807) is 7.11 Å². The smallest absolute Gasteiger partial charge is 0.227 e. The molecule has 116 valence electrons. The number of nitrogens with zero attached hydrogens (tertiary/aromatic N) is 1. The Bertz CT molecular complexity index is 462. The highest BCUT2D eigenvalue weighted by Crippen LogP contribution is 2.27. The largest absolute Gasteiger partial charge is 0.382 e. The van der Waals surface area contributed by atoms with Crippen molar-refractivity contribution < 1.29 is 18.7 Å². The molecule has 0 radical (unpaired) electrons. The van der Waals surface area contributed by atoms with Gasteiger partial charge in [-0.25, -0.2) is 4.39 Å². The Morgan fingerprint density at radius 2 is 2.14 bits per heavy atom. The van der Waals surface area contributed by atoms with Crippen molar-refractivity contribution in [2.45, 2.75) is 31.8 Å². The lowest BCUT2D eigenvalue weighted by atomic mass is 9.86. The van der Waals surface area contributed by atoms with Crippen LogP contribution in [0, 0.1) is 11.7 Å². The Kier molecular flexibility index (Phi) is 6.07. The van der Waals surface area contributed by atoms with Gasteiger partial charge in [-0.15, -0.1) is 0 Å². The van der Waals surface area contributed by atoms with Crippen LogP contribution in [0.1, 0.15) is 25.7 Å². The fourth-order valence-corrected chi connectivity index (χ4v) is 2.50. The normalized spacial score (nSPS) is 22.0. The minimum absolute atomic E-state index is 0.0835. The average molecular weight is 296 g/mol. The van der Waals surface area contributed by atoms with Crippen molar-refractivity contribution in [3.8, 4) is 0 Å². The SMILES string of the molecule is COCCOC1CCC(C(=O)Nc2ccncc2F)CC1. The van der Waals surface area contributed by atoms with E-state index in [-0.39, 0.29) is 23.6 Å². The maximum absolute atomic E-state index is 13.4. The molecule has 0 aliphatic heterocycles. The zero-order valence-corrected chi connectivity index (χ0v) is 12.2. The minimum Gasteiger partial charge on any atom is -0.382 e. The van der Waals surface area contributed by atoms with E-state index in [4.69, 9.17) is 9.47 Å². The summed E-state index contributed by atoms with van der Waals surface area (Å²) >= 11 is 0. The Balaban J connectivity index is 1.77. The van der Waals surface area contributed by atoms with E-state index in [1.807, 2.05) is 0 Å². The van der Waals surface area contributed by atoms with Crippen LogP contribution in [0.4, 0.5) is 10.1 Å². The van der Waals surface area contributed by atoms with Gasteiger partial charge < -0.3 is 14.8 Å². The number of anilines is 1. The van der Waals surface area contributed by atoms with Crippen LogP contribution in [0.3, 0.4) is 0 Å². The summed E-state index contributed by atoms with van der Waals surface area (Å²) in [5, 5.41) is 2.63. The summed E-state index contributed by atoms with van der Waals surface area (Å²) in [6.07, 6.45) is 5.96. The molecule has 0 saturated heterocycles. The molecule has 1 saturated carbocycles. The summed E-state index contributed by atoms with van der Waals surface area (Å²) in [5.41, 5.74) is 0.188. The molecule has 0 spiro atoms. The van der Waals surface area contributed by atoms with E-state index in [0.717, 1.165) is 31.9 Å². The molecule has 6 heteroatoms. The third-order valence-corrected chi connectivity index (χ3v) is 3.72. The summed E-state index contributed by atoms with van der Waals surface area (Å²) in [7, 11) is 1.64. The number of carbonyl (C=O) groups is 1. The van der Waals surface area contributed by atoms with Gasteiger partial charge in [0.2, 0.25) is 5.91 Å². The van der Waals surface area contributed by atoms with Crippen molar-refractivity contribution in [1.82, 2.24) is 4.98 Å². The minimum atomic E-state index is -0.512. The Morgan fingerprint density at radius 1 is 1.38 bits per heavy atom.